The quantitative estimate of drug-likeness (QED) is 0.265. The monoisotopic (exact) mass is 458 g/mol. The first-order valence-corrected chi connectivity index (χ1v) is 12.2. The number of nitrogens with zero attached hydrogens (tertiary/aromatic N) is 2. The van der Waals surface area contributed by atoms with Gasteiger partial charge in [-0.25, -0.2) is 0 Å². The molecular formula is C30H27BN2O2. The number of benzene rings is 4. The van der Waals surface area contributed by atoms with E-state index in [0.29, 0.717) is 0 Å². The van der Waals surface area contributed by atoms with Gasteiger partial charge in [-0.3, -0.25) is 0 Å². The molecule has 4 nitrogen and oxygen atoms in total. The summed E-state index contributed by atoms with van der Waals surface area (Å²) in [6.45, 7) is 8.39. The van der Waals surface area contributed by atoms with Gasteiger partial charge in [0.05, 0.1) is 39.3 Å². The fourth-order valence-electron chi connectivity index (χ4n) is 5.45. The van der Waals surface area contributed by atoms with E-state index in [1.807, 2.05) is 0 Å². The van der Waals surface area contributed by atoms with Crippen molar-refractivity contribution in [3.8, 4) is 5.69 Å². The summed E-state index contributed by atoms with van der Waals surface area (Å²) in [6.07, 6.45) is 0. The molecule has 7 rings (SSSR count). The molecule has 4 aromatic carbocycles. The fourth-order valence-corrected chi connectivity index (χ4v) is 5.45. The van der Waals surface area contributed by atoms with Gasteiger partial charge in [-0.1, -0.05) is 54.6 Å². The van der Waals surface area contributed by atoms with Gasteiger partial charge in [-0.05, 0) is 69.6 Å². The van der Waals surface area contributed by atoms with Gasteiger partial charge in [0, 0.05) is 16.5 Å². The molecule has 172 valence electrons. The lowest BCUT2D eigenvalue weighted by atomic mass is 9.78. The van der Waals surface area contributed by atoms with Gasteiger partial charge in [0.25, 0.3) is 0 Å². The molecule has 0 amide bonds. The topological polar surface area (TPSA) is 26.6 Å². The second-order valence-corrected chi connectivity index (χ2v) is 10.5. The van der Waals surface area contributed by atoms with Gasteiger partial charge in [0.2, 0.25) is 0 Å². The maximum atomic E-state index is 6.37. The van der Waals surface area contributed by atoms with Crippen molar-refractivity contribution in [2.75, 3.05) is 4.90 Å². The molecule has 35 heavy (non-hydrogen) atoms. The molecule has 0 saturated carbocycles. The zero-order chi connectivity index (χ0) is 23.9. The van der Waals surface area contributed by atoms with Crippen molar-refractivity contribution in [2.45, 2.75) is 38.9 Å². The van der Waals surface area contributed by atoms with Crippen molar-refractivity contribution in [3.05, 3.63) is 91.0 Å². The lowest BCUT2D eigenvalue weighted by Crippen LogP contribution is -2.41. The first-order chi connectivity index (χ1) is 16.9. The number of hydrogen-bond acceptors (Lipinski definition) is 3. The maximum absolute atomic E-state index is 6.37. The van der Waals surface area contributed by atoms with Crippen LogP contribution in [0.25, 0.3) is 27.5 Å². The molecule has 5 heteroatoms. The van der Waals surface area contributed by atoms with Gasteiger partial charge < -0.3 is 18.8 Å². The Morgan fingerprint density at radius 3 is 2.03 bits per heavy atom. The highest BCUT2D eigenvalue weighted by atomic mass is 16.7. The molecule has 1 fully saturated rings. The molecule has 0 radical (unpaired) electrons. The largest absolute Gasteiger partial charge is 0.494 e. The van der Waals surface area contributed by atoms with E-state index in [0.717, 1.165) is 11.2 Å². The van der Waals surface area contributed by atoms with Gasteiger partial charge in [0.1, 0.15) is 0 Å². The van der Waals surface area contributed by atoms with E-state index in [-0.39, 0.29) is 18.3 Å². The second kappa shape index (κ2) is 7.00. The Kier molecular flexibility index (Phi) is 4.16. The number of anilines is 3. The van der Waals surface area contributed by atoms with Crippen LogP contribution in [0.15, 0.2) is 91.0 Å². The van der Waals surface area contributed by atoms with E-state index in [1.165, 1.54) is 38.9 Å². The smallest absolute Gasteiger partial charge is 0.399 e. The van der Waals surface area contributed by atoms with Crippen molar-refractivity contribution in [3.63, 3.8) is 0 Å². The molecule has 0 bridgehead atoms. The van der Waals surface area contributed by atoms with Crippen LogP contribution in [-0.4, -0.2) is 22.9 Å². The summed E-state index contributed by atoms with van der Waals surface area (Å²) in [6, 6.07) is 32.5. The average molecular weight is 458 g/mol. The van der Waals surface area contributed by atoms with E-state index in [2.05, 4.69) is 128 Å². The van der Waals surface area contributed by atoms with Crippen molar-refractivity contribution in [1.82, 2.24) is 4.57 Å². The predicted octanol–water partition coefficient (Wildman–Crippen LogP) is 6.87. The first-order valence-electron chi connectivity index (χ1n) is 12.2. The first kappa shape index (κ1) is 20.8. The van der Waals surface area contributed by atoms with Crippen molar-refractivity contribution >= 4 is 51.4 Å². The van der Waals surface area contributed by atoms with E-state index in [9.17, 15) is 0 Å². The Bertz CT molecular complexity index is 1600. The Morgan fingerprint density at radius 1 is 0.629 bits per heavy atom. The molecule has 2 aliphatic rings. The highest BCUT2D eigenvalue weighted by Crippen LogP contribution is 2.49. The normalized spacial score (nSPS) is 17.8. The molecule has 0 atom stereocenters. The van der Waals surface area contributed by atoms with Gasteiger partial charge in [-0.2, -0.15) is 0 Å². The summed E-state index contributed by atoms with van der Waals surface area (Å²) in [5.41, 5.74) is 7.40. The molecule has 5 aromatic rings. The summed E-state index contributed by atoms with van der Waals surface area (Å²) in [7, 11) is -0.385. The summed E-state index contributed by atoms with van der Waals surface area (Å²) in [4.78, 5) is 2.37. The standard InChI is InChI=1S/C30H27BN2O2/c1-29(2)30(3,4)35-31(34-29)20-17-18-24-23(19-20)22-13-10-16-27-28(22)33(24)26-15-9-8-14-25(26)32(27)21-11-6-5-7-12-21/h5-19H,1-4H3. The van der Waals surface area contributed by atoms with E-state index >= 15 is 0 Å². The number of aromatic nitrogens is 1. The van der Waals surface area contributed by atoms with Gasteiger partial charge in [0.15, 0.2) is 0 Å². The lowest BCUT2D eigenvalue weighted by Gasteiger charge is -2.33. The molecule has 0 spiro atoms. The van der Waals surface area contributed by atoms with Crippen molar-refractivity contribution < 1.29 is 9.31 Å². The Balaban J connectivity index is 1.49. The summed E-state index contributed by atoms with van der Waals surface area (Å²) in [5, 5.41) is 2.44. The number of para-hydroxylation sites is 4. The Morgan fingerprint density at radius 2 is 1.29 bits per heavy atom. The van der Waals surface area contributed by atoms with Crippen LogP contribution in [0.4, 0.5) is 17.1 Å². The highest BCUT2D eigenvalue weighted by Gasteiger charge is 2.51. The minimum absolute atomic E-state index is 0.369. The zero-order valence-electron chi connectivity index (χ0n) is 20.4. The molecule has 1 aromatic heterocycles. The minimum atomic E-state index is -0.385. The molecule has 2 aliphatic heterocycles. The van der Waals surface area contributed by atoms with Gasteiger partial charge in [-0.15, -0.1) is 0 Å². The number of hydrogen-bond donors (Lipinski definition) is 0. The van der Waals surface area contributed by atoms with Crippen LogP contribution in [0.5, 0.6) is 0 Å². The lowest BCUT2D eigenvalue weighted by molar-refractivity contribution is 0.00578. The third kappa shape index (κ3) is 2.83. The van der Waals surface area contributed by atoms with E-state index in [1.54, 1.807) is 0 Å². The minimum Gasteiger partial charge on any atom is -0.399 e. The highest BCUT2D eigenvalue weighted by molar-refractivity contribution is 6.62. The SMILES string of the molecule is CC1(C)OB(c2ccc3c(c2)c2cccc4c2n3-c2ccccc2N4c2ccccc2)OC1(C)C. The predicted molar refractivity (Wildman–Crippen MR) is 145 cm³/mol. The molecule has 0 N–H and O–H groups in total. The van der Waals surface area contributed by atoms with Crippen molar-refractivity contribution in [2.24, 2.45) is 0 Å². The molecule has 1 saturated heterocycles. The van der Waals surface area contributed by atoms with Crippen LogP contribution >= 0.6 is 0 Å². The second-order valence-electron chi connectivity index (χ2n) is 10.5. The summed E-state index contributed by atoms with van der Waals surface area (Å²) >= 11 is 0. The van der Waals surface area contributed by atoms with Gasteiger partial charge >= 0.3 is 7.12 Å². The Hall–Kier alpha value is -3.54. The van der Waals surface area contributed by atoms with Crippen molar-refractivity contribution in [1.29, 1.82) is 0 Å². The Labute approximate surface area is 205 Å². The van der Waals surface area contributed by atoms with Crippen LogP contribution in [0, 0.1) is 0 Å². The van der Waals surface area contributed by atoms with Crippen LogP contribution in [0.1, 0.15) is 27.7 Å². The zero-order valence-corrected chi connectivity index (χ0v) is 20.4. The number of rotatable bonds is 2. The maximum Gasteiger partial charge on any atom is 0.494 e. The molecule has 3 heterocycles. The molecular weight excluding hydrogens is 431 g/mol. The fraction of sp³-hybridized carbons (Fsp3) is 0.200. The van der Waals surface area contributed by atoms with Crippen LogP contribution in [-0.2, 0) is 9.31 Å². The molecule has 0 aliphatic carbocycles. The summed E-state index contributed by atoms with van der Waals surface area (Å²) < 4.78 is 15.2. The van der Waals surface area contributed by atoms with E-state index < -0.39 is 0 Å². The third-order valence-electron chi connectivity index (χ3n) is 7.93. The van der Waals surface area contributed by atoms with Crippen LogP contribution < -0.4 is 10.4 Å². The number of fused-ring (bicyclic) bond motifs is 5. The van der Waals surface area contributed by atoms with Crippen LogP contribution in [0.3, 0.4) is 0 Å². The average Bonchev–Trinajstić information content (AvgIpc) is 3.30. The molecule has 0 unspecified atom stereocenters. The van der Waals surface area contributed by atoms with E-state index in [4.69, 9.17) is 9.31 Å². The summed E-state index contributed by atoms with van der Waals surface area (Å²) in [5.74, 6) is 0. The third-order valence-corrected chi connectivity index (χ3v) is 7.93. The van der Waals surface area contributed by atoms with Crippen LogP contribution in [0.2, 0.25) is 0 Å².